The van der Waals surface area contributed by atoms with Crippen molar-refractivity contribution in [2.75, 3.05) is 13.7 Å². The SMILES string of the molecule is C[C@H](c1ccccc1)N(C)C(=O)COc1ccc(C#N)cc1Cl. The molecule has 0 aliphatic heterocycles. The predicted octanol–water partition coefficient (Wildman–Crippen LogP) is 3.81. The lowest BCUT2D eigenvalue weighted by Gasteiger charge is -2.25. The van der Waals surface area contributed by atoms with Gasteiger partial charge in [0.05, 0.1) is 22.7 Å². The average molecular weight is 329 g/mol. The van der Waals surface area contributed by atoms with Gasteiger partial charge in [-0.15, -0.1) is 0 Å². The van der Waals surface area contributed by atoms with Crippen LogP contribution in [-0.4, -0.2) is 24.5 Å². The zero-order valence-corrected chi connectivity index (χ0v) is 13.7. The fraction of sp³-hybridized carbons (Fsp3) is 0.222. The van der Waals surface area contributed by atoms with Gasteiger partial charge in [0.2, 0.25) is 0 Å². The van der Waals surface area contributed by atoms with Gasteiger partial charge in [0, 0.05) is 7.05 Å². The van der Waals surface area contributed by atoms with E-state index in [0.717, 1.165) is 5.56 Å². The van der Waals surface area contributed by atoms with Gasteiger partial charge >= 0.3 is 0 Å². The second kappa shape index (κ2) is 7.66. The van der Waals surface area contributed by atoms with Crippen LogP contribution in [0.3, 0.4) is 0 Å². The van der Waals surface area contributed by atoms with Crippen LogP contribution in [-0.2, 0) is 4.79 Å². The van der Waals surface area contributed by atoms with E-state index < -0.39 is 0 Å². The van der Waals surface area contributed by atoms with Crippen LogP contribution >= 0.6 is 11.6 Å². The van der Waals surface area contributed by atoms with E-state index in [1.165, 1.54) is 6.07 Å². The third-order valence-electron chi connectivity index (χ3n) is 3.67. The second-order valence-corrected chi connectivity index (χ2v) is 5.54. The molecule has 1 atom stereocenters. The zero-order chi connectivity index (χ0) is 16.8. The number of carbonyl (C=O) groups is 1. The lowest BCUT2D eigenvalue weighted by Crippen LogP contribution is -2.33. The van der Waals surface area contributed by atoms with E-state index in [-0.39, 0.29) is 18.6 Å². The van der Waals surface area contributed by atoms with Gasteiger partial charge in [0.1, 0.15) is 5.75 Å². The van der Waals surface area contributed by atoms with E-state index in [0.29, 0.717) is 16.3 Å². The summed E-state index contributed by atoms with van der Waals surface area (Å²) in [6, 6.07) is 16.4. The molecule has 0 saturated carbocycles. The number of likely N-dealkylation sites (N-methyl/N-ethyl adjacent to an activating group) is 1. The first-order valence-electron chi connectivity index (χ1n) is 7.16. The van der Waals surface area contributed by atoms with Gasteiger partial charge in [-0.05, 0) is 30.7 Å². The van der Waals surface area contributed by atoms with Crippen molar-refractivity contribution < 1.29 is 9.53 Å². The summed E-state index contributed by atoms with van der Waals surface area (Å²) in [5.74, 6) is 0.238. The Hall–Kier alpha value is -2.51. The number of carbonyl (C=O) groups excluding carboxylic acids is 1. The van der Waals surface area contributed by atoms with Gasteiger partial charge in [0.15, 0.2) is 6.61 Å². The fourth-order valence-electron chi connectivity index (χ4n) is 2.10. The first-order valence-corrected chi connectivity index (χ1v) is 7.53. The maximum Gasteiger partial charge on any atom is 0.260 e. The van der Waals surface area contributed by atoms with Gasteiger partial charge in [-0.3, -0.25) is 4.79 Å². The van der Waals surface area contributed by atoms with Gasteiger partial charge in [-0.1, -0.05) is 41.9 Å². The molecule has 2 aromatic rings. The quantitative estimate of drug-likeness (QED) is 0.838. The van der Waals surface area contributed by atoms with Crippen LogP contribution in [0.1, 0.15) is 24.1 Å². The zero-order valence-electron chi connectivity index (χ0n) is 13.0. The molecular weight excluding hydrogens is 312 g/mol. The molecule has 0 aliphatic carbocycles. The molecule has 5 heteroatoms. The molecule has 0 unspecified atom stereocenters. The third kappa shape index (κ3) is 4.24. The Labute approximate surface area is 140 Å². The van der Waals surface area contributed by atoms with Crippen molar-refractivity contribution in [3.05, 3.63) is 64.7 Å². The van der Waals surface area contributed by atoms with Gasteiger partial charge < -0.3 is 9.64 Å². The molecule has 4 nitrogen and oxygen atoms in total. The van der Waals surface area contributed by atoms with E-state index >= 15 is 0 Å². The van der Waals surface area contributed by atoms with Crippen LogP contribution in [0, 0.1) is 11.3 Å². The second-order valence-electron chi connectivity index (χ2n) is 5.14. The maximum absolute atomic E-state index is 12.3. The van der Waals surface area contributed by atoms with Crippen LogP contribution in [0.5, 0.6) is 5.75 Å². The van der Waals surface area contributed by atoms with Crippen molar-refractivity contribution in [2.45, 2.75) is 13.0 Å². The monoisotopic (exact) mass is 328 g/mol. The Morgan fingerprint density at radius 3 is 2.61 bits per heavy atom. The number of nitriles is 1. The Morgan fingerprint density at radius 1 is 1.30 bits per heavy atom. The molecule has 1 amide bonds. The van der Waals surface area contributed by atoms with Crippen LogP contribution in [0.2, 0.25) is 5.02 Å². The molecule has 2 aromatic carbocycles. The smallest absolute Gasteiger partial charge is 0.260 e. The van der Waals surface area contributed by atoms with Crippen LogP contribution in [0.25, 0.3) is 0 Å². The van der Waals surface area contributed by atoms with Gasteiger partial charge in [0.25, 0.3) is 5.91 Å². The van der Waals surface area contributed by atoms with Crippen LogP contribution < -0.4 is 4.74 Å². The Balaban J connectivity index is 1.98. The van der Waals surface area contributed by atoms with Gasteiger partial charge in [-0.2, -0.15) is 5.26 Å². The van der Waals surface area contributed by atoms with Gasteiger partial charge in [-0.25, -0.2) is 0 Å². The number of ether oxygens (including phenoxy) is 1. The minimum absolute atomic E-state index is 0.0521. The minimum atomic E-state index is -0.151. The topological polar surface area (TPSA) is 53.3 Å². The van der Waals surface area contributed by atoms with E-state index in [1.807, 2.05) is 43.3 Å². The highest BCUT2D eigenvalue weighted by Crippen LogP contribution is 2.25. The number of amides is 1. The number of benzene rings is 2. The van der Waals surface area contributed by atoms with Crippen molar-refractivity contribution in [3.63, 3.8) is 0 Å². The Bertz CT molecular complexity index is 726. The highest BCUT2D eigenvalue weighted by molar-refractivity contribution is 6.32. The number of rotatable bonds is 5. The molecule has 0 fully saturated rings. The van der Waals surface area contributed by atoms with E-state index in [2.05, 4.69) is 0 Å². The normalized spacial score (nSPS) is 11.4. The summed E-state index contributed by atoms with van der Waals surface area (Å²) < 4.78 is 5.47. The Morgan fingerprint density at radius 2 is 2.00 bits per heavy atom. The molecule has 0 saturated heterocycles. The standard InChI is InChI=1S/C18H17ClN2O2/c1-13(15-6-4-3-5-7-15)21(2)18(22)12-23-17-9-8-14(11-20)10-16(17)19/h3-10,13H,12H2,1-2H3/t13-/m1/s1. The molecule has 0 spiro atoms. The van der Waals surface area contributed by atoms with E-state index in [9.17, 15) is 4.79 Å². The molecule has 0 bridgehead atoms. The number of hydrogen-bond acceptors (Lipinski definition) is 3. The van der Waals surface area contributed by atoms with Crippen LogP contribution in [0.4, 0.5) is 0 Å². The lowest BCUT2D eigenvalue weighted by atomic mass is 10.1. The van der Waals surface area contributed by atoms with Crippen LogP contribution in [0.15, 0.2) is 48.5 Å². The molecule has 2 rings (SSSR count). The van der Waals surface area contributed by atoms with Crippen molar-refractivity contribution >= 4 is 17.5 Å². The summed E-state index contributed by atoms with van der Waals surface area (Å²) in [6.45, 7) is 1.85. The fourth-order valence-corrected chi connectivity index (χ4v) is 2.33. The molecule has 0 radical (unpaired) electrons. The number of nitrogens with zero attached hydrogens (tertiary/aromatic N) is 2. The Kier molecular flexibility index (Phi) is 5.61. The van der Waals surface area contributed by atoms with Crippen molar-refractivity contribution in [1.82, 2.24) is 4.90 Å². The summed E-state index contributed by atoms with van der Waals surface area (Å²) in [5, 5.41) is 9.12. The highest BCUT2D eigenvalue weighted by atomic mass is 35.5. The first kappa shape index (κ1) is 16.9. The summed E-state index contributed by atoms with van der Waals surface area (Å²) >= 11 is 6.03. The van der Waals surface area contributed by atoms with E-state index in [4.69, 9.17) is 21.6 Å². The largest absolute Gasteiger partial charge is 0.482 e. The molecular formula is C18H17ClN2O2. The number of halogens is 1. The molecule has 23 heavy (non-hydrogen) atoms. The maximum atomic E-state index is 12.3. The summed E-state index contributed by atoms with van der Waals surface area (Å²) in [5.41, 5.74) is 1.50. The van der Waals surface area contributed by atoms with Crippen molar-refractivity contribution in [1.29, 1.82) is 5.26 Å². The summed E-state index contributed by atoms with van der Waals surface area (Å²) in [6.07, 6.45) is 0. The minimum Gasteiger partial charge on any atom is -0.482 e. The summed E-state index contributed by atoms with van der Waals surface area (Å²) in [7, 11) is 1.74. The third-order valence-corrected chi connectivity index (χ3v) is 3.96. The molecule has 0 heterocycles. The number of hydrogen-bond donors (Lipinski definition) is 0. The first-order chi connectivity index (χ1) is 11.0. The summed E-state index contributed by atoms with van der Waals surface area (Å²) in [4.78, 5) is 13.9. The van der Waals surface area contributed by atoms with E-state index in [1.54, 1.807) is 24.1 Å². The molecule has 118 valence electrons. The molecule has 0 aromatic heterocycles. The van der Waals surface area contributed by atoms with Crippen molar-refractivity contribution in [3.8, 4) is 11.8 Å². The predicted molar refractivity (Wildman–Crippen MR) is 89.3 cm³/mol. The average Bonchev–Trinajstić information content (AvgIpc) is 2.59. The molecule has 0 N–H and O–H groups in total. The highest BCUT2D eigenvalue weighted by Gasteiger charge is 2.18. The lowest BCUT2D eigenvalue weighted by molar-refractivity contribution is -0.134. The molecule has 0 aliphatic rings. The van der Waals surface area contributed by atoms with Crippen molar-refractivity contribution in [2.24, 2.45) is 0 Å².